The first-order valence-electron chi connectivity index (χ1n) is 7.37. The Hall–Kier alpha value is -2.58. The van der Waals surface area contributed by atoms with Crippen LogP contribution in [-0.2, 0) is 29.2 Å². The lowest BCUT2D eigenvalue weighted by Gasteiger charge is -2.06. The van der Waals surface area contributed by atoms with Crippen molar-refractivity contribution in [1.82, 2.24) is 25.1 Å². The van der Waals surface area contributed by atoms with E-state index in [1.807, 2.05) is 29.6 Å². The van der Waals surface area contributed by atoms with E-state index in [1.54, 1.807) is 13.3 Å². The third-order valence-corrected chi connectivity index (χ3v) is 4.06. The van der Waals surface area contributed by atoms with Gasteiger partial charge in [-0.25, -0.2) is 14.6 Å². The summed E-state index contributed by atoms with van der Waals surface area (Å²) in [4.78, 5) is 20.3. The highest BCUT2D eigenvalue weighted by Crippen LogP contribution is 2.16. The Kier molecular flexibility index (Phi) is 5.29. The average molecular weight is 343 g/mol. The van der Waals surface area contributed by atoms with Crippen LogP contribution in [0, 0.1) is 0 Å². The molecule has 1 N–H and O–H groups in total. The number of hydrogen-bond acceptors (Lipinski definition) is 6. The van der Waals surface area contributed by atoms with Gasteiger partial charge < -0.3 is 10.1 Å². The molecule has 1 amide bonds. The molecule has 0 fully saturated rings. The lowest BCUT2D eigenvalue weighted by atomic mass is 10.1. The molecular weight excluding hydrogens is 326 g/mol. The number of ether oxygens (including phenoxy) is 1. The highest BCUT2D eigenvalue weighted by molar-refractivity contribution is 7.12. The van der Waals surface area contributed by atoms with Crippen LogP contribution in [-0.4, -0.2) is 32.8 Å². The lowest BCUT2D eigenvalue weighted by Crippen LogP contribution is -2.27. The van der Waals surface area contributed by atoms with Crippen LogP contribution in [0.4, 0.5) is 0 Å². The lowest BCUT2D eigenvalue weighted by molar-refractivity contribution is -0.122. The van der Waals surface area contributed by atoms with Crippen LogP contribution in [0.2, 0.25) is 0 Å². The van der Waals surface area contributed by atoms with Gasteiger partial charge in [0.1, 0.15) is 12.9 Å². The van der Waals surface area contributed by atoms with Gasteiger partial charge in [0.25, 0.3) is 0 Å². The number of hydrogen-bond donors (Lipinski definition) is 1. The van der Waals surface area contributed by atoms with E-state index in [-0.39, 0.29) is 12.5 Å². The van der Waals surface area contributed by atoms with Gasteiger partial charge in [0, 0.05) is 25.2 Å². The molecule has 124 valence electrons. The van der Waals surface area contributed by atoms with Gasteiger partial charge in [0.05, 0.1) is 6.61 Å². The summed E-state index contributed by atoms with van der Waals surface area (Å²) < 4.78 is 6.58. The standard InChI is InChI=1S/C16H17N5O2S/c1-23-10-13-4-2-12(3-5-13)8-18-14(22)9-21-11-19-15(20-21)16-17-6-7-24-16/h2-7,11H,8-10H2,1H3,(H,18,22). The predicted octanol–water partition coefficient (Wildman–Crippen LogP) is 1.86. The molecule has 3 rings (SSSR count). The fraction of sp³-hybridized carbons (Fsp3) is 0.250. The van der Waals surface area contributed by atoms with Crippen LogP contribution in [0.3, 0.4) is 0 Å². The Labute approximate surface area is 143 Å². The fourth-order valence-corrected chi connectivity index (χ4v) is 2.70. The SMILES string of the molecule is COCc1ccc(CNC(=O)Cn2cnc(-c3nccs3)n2)cc1. The second-order valence-electron chi connectivity index (χ2n) is 5.13. The molecule has 24 heavy (non-hydrogen) atoms. The highest BCUT2D eigenvalue weighted by atomic mass is 32.1. The molecule has 2 heterocycles. The van der Waals surface area contributed by atoms with E-state index in [0.29, 0.717) is 19.0 Å². The first-order valence-corrected chi connectivity index (χ1v) is 8.25. The van der Waals surface area contributed by atoms with Gasteiger partial charge in [0.15, 0.2) is 5.01 Å². The average Bonchev–Trinajstić information content (AvgIpc) is 3.26. The van der Waals surface area contributed by atoms with Gasteiger partial charge >= 0.3 is 0 Å². The first-order chi connectivity index (χ1) is 11.7. The molecule has 0 aliphatic rings. The molecule has 0 spiro atoms. The summed E-state index contributed by atoms with van der Waals surface area (Å²) in [5, 5.41) is 9.73. The van der Waals surface area contributed by atoms with Crippen molar-refractivity contribution in [3.8, 4) is 10.8 Å². The van der Waals surface area contributed by atoms with Crippen LogP contribution in [0.15, 0.2) is 42.2 Å². The molecule has 2 aromatic heterocycles. The summed E-state index contributed by atoms with van der Waals surface area (Å²) in [5.74, 6) is 0.415. The van der Waals surface area contributed by atoms with Crippen molar-refractivity contribution in [2.24, 2.45) is 0 Å². The number of carbonyl (C=O) groups is 1. The summed E-state index contributed by atoms with van der Waals surface area (Å²) in [6.45, 7) is 1.18. The maximum absolute atomic E-state index is 12.0. The summed E-state index contributed by atoms with van der Waals surface area (Å²) in [5.41, 5.74) is 2.13. The van der Waals surface area contributed by atoms with E-state index >= 15 is 0 Å². The molecule has 1 aromatic carbocycles. The molecule has 8 heteroatoms. The Bertz CT molecular complexity index is 783. The highest BCUT2D eigenvalue weighted by Gasteiger charge is 2.09. The molecule has 0 aliphatic heterocycles. The normalized spacial score (nSPS) is 10.7. The summed E-state index contributed by atoms with van der Waals surface area (Å²) >= 11 is 1.46. The Morgan fingerprint density at radius 3 is 2.75 bits per heavy atom. The van der Waals surface area contributed by atoms with Crippen molar-refractivity contribution in [2.75, 3.05) is 7.11 Å². The van der Waals surface area contributed by atoms with E-state index in [1.165, 1.54) is 22.3 Å². The summed E-state index contributed by atoms with van der Waals surface area (Å²) in [7, 11) is 1.66. The van der Waals surface area contributed by atoms with Crippen molar-refractivity contribution in [3.05, 3.63) is 53.3 Å². The van der Waals surface area contributed by atoms with Crippen LogP contribution in [0.5, 0.6) is 0 Å². The zero-order valence-electron chi connectivity index (χ0n) is 13.2. The van der Waals surface area contributed by atoms with Crippen molar-refractivity contribution < 1.29 is 9.53 Å². The number of benzene rings is 1. The summed E-state index contributed by atoms with van der Waals surface area (Å²) in [6, 6.07) is 7.93. The number of nitrogens with one attached hydrogen (secondary N) is 1. The zero-order chi connectivity index (χ0) is 16.8. The van der Waals surface area contributed by atoms with Crippen LogP contribution >= 0.6 is 11.3 Å². The largest absolute Gasteiger partial charge is 0.380 e. The molecular formula is C16H17N5O2S. The van der Waals surface area contributed by atoms with Crippen molar-refractivity contribution >= 4 is 17.2 Å². The van der Waals surface area contributed by atoms with E-state index in [9.17, 15) is 4.79 Å². The van der Waals surface area contributed by atoms with Crippen molar-refractivity contribution in [2.45, 2.75) is 19.7 Å². The molecule has 0 saturated heterocycles. The van der Waals surface area contributed by atoms with Crippen LogP contribution < -0.4 is 5.32 Å². The van der Waals surface area contributed by atoms with Gasteiger partial charge in [-0.2, -0.15) is 0 Å². The maximum atomic E-state index is 12.0. The Morgan fingerprint density at radius 1 is 1.25 bits per heavy atom. The topological polar surface area (TPSA) is 81.9 Å². The van der Waals surface area contributed by atoms with E-state index in [2.05, 4.69) is 20.4 Å². The van der Waals surface area contributed by atoms with E-state index in [0.717, 1.165) is 16.1 Å². The zero-order valence-corrected chi connectivity index (χ0v) is 14.0. The maximum Gasteiger partial charge on any atom is 0.242 e. The molecule has 0 saturated carbocycles. The number of amides is 1. The smallest absolute Gasteiger partial charge is 0.242 e. The quantitative estimate of drug-likeness (QED) is 0.708. The number of aromatic nitrogens is 4. The number of methoxy groups -OCH3 is 1. The van der Waals surface area contributed by atoms with Gasteiger partial charge in [-0.05, 0) is 11.1 Å². The summed E-state index contributed by atoms with van der Waals surface area (Å²) in [6.07, 6.45) is 3.24. The molecule has 0 aliphatic carbocycles. The van der Waals surface area contributed by atoms with Crippen molar-refractivity contribution in [1.29, 1.82) is 0 Å². The number of nitrogens with zero attached hydrogens (tertiary/aromatic N) is 4. The molecule has 0 unspecified atom stereocenters. The molecule has 0 radical (unpaired) electrons. The van der Waals surface area contributed by atoms with Gasteiger partial charge in [-0.15, -0.1) is 16.4 Å². The molecule has 7 nitrogen and oxygen atoms in total. The first kappa shape index (κ1) is 16.3. The fourth-order valence-electron chi connectivity index (χ4n) is 2.13. The van der Waals surface area contributed by atoms with E-state index < -0.39 is 0 Å². The number of rotatable bonds is 7. The van der Waals surface area contributed by atoms with Gasteiger partial charge in [-0.3, -0.25) is 4.79 Å². The minimum absolute atomic E-state index is 0.119. The minimum Gasteiger partial charge on any atom is -0.380 e. The molecule has 0 atom stereocenters. The van der Waals surface area contributed by atoms with E-state index in [4.69, 9.17) is 4.74 Å². The van der Waals surface area contributed by atoms with Crippen LogP contribution in [0.25, 0.3) is 10.8 Å². The molecule has 0 bridgehead atoms. The van der Waals surface area contributed by atoms with Crippen molar-refractivity contribution in [3.63, 3.8) is 0 Å². The van der Waals surface area contributed by atoms with Gasteiger partial charge in [0.2, 0.25) is 11.7 Å². The third kappa shape index (κ3) is 4.24. The van der Waals surface area contributed by atoms with Crippen LogP contribution in [0.1, 0.15) is 11.1 Å². The predicted molar refractivity (Wildman–Crippen MR) is 90.1 cm³/mol. The monoisotopic (exact) mass is 343 g/mol. The number of thiazole rings is 1. The molecule has 3 aromatic rings. The second kappa shape index (κ2) is 7.80. The van der Waals surface area contributed by atoms with Gasteiger partial charge in [-0.1, -0.05) is 24.3 Å². The second-order valence-corrected chi connectivity index (χ2v) is 6.02. The Morgan fingerprint density at radius 2 is 2.04 bits per heavy atom. The minimum atomic E-state index is -0.119. The number of carbonyl (C=O) groups excluding carboxylic acids is 1. The third-order valence-electron chi connectivity index (χ3n) is 3.29. The Balaban J connectivity index is 1.50.